The van der Waals surface area contributed by atoms with Crippen LogP contribution in [0.25, 0.3) is 0 Å². The first-order chi connectivity index (χ1) is 13.5. The number of rotatable bonds is 5. The maximum Gasteiger partial charge on any atom is 0.338 e. The number of esters is 1. The molecular formula is C20H16ClNO6. The lowest BCUT2D eigenvalue weighted by molar-refractivity contribution is -0.117. The predicted octanol–water partition coefficient (Wildman–Crippen LogP) is 3.24. The maximum atomic E-state index is 12.4. The lowest BCUT2D eigenvalue weighted by Gasteiger charge is -2.18. The number of hydrogen-bond acceptors (Lipinski definition) is 6. The minimum Gasteiger partial charge on any atom is -0.454 e. The van der Waals surface area contributed by atoms with E-state index in [-0.39, 0.29) is 24.0 Å². The Morgan fingerprint density at radius 1 is 1.07 bits per heavy atom. The molecule has 1 amide bonds. The number of hydrogen-bond donors (Lipinski definition) is 0. The Bertz CT molecular complexity index is 973. The van der Waals surface area contributed by atoms with E-state index in [2.05, 4.69) is 0 Å². The first kappa shape index (κ1) is 18.3. The molecule has 0 unspecified atom stereocenters. The van der Waals surface area contributed by atoms with Crippen molar-refractivity contribution in [1.29, 1.82) is 0 Å². The van der Waals surface area contributed by atoms with E-state index in [0.717, 1.165) is 6.42 Å². The zero-order valence-electron chi connectivity index (χ0n) is 14.8. The minimum atomic E-state index is -0.668. The van der Waals surface area contributed by atoms with Gasteiger partial charge in [0.25, 0.3) is 0 Å². The molecule has 8 heteroatoms. The smallest absolute Gasteiger partial charge is 0.338 e. The standard InChI is InChI=1S/C20H16ClNO6/c21-14-5-3-13(8-15(14)22-7-1-2-19(22)24)20(25)26-10-16(23)12-4-6-17-18(9-12)28-11-27-17/h3-6,8-9H,1-2,7,10-11H2. The second-order valence-electron chi connectivity index (χ2n) is 6.38. The molecule has 4 rings (SSSR count). The molecular weight excluding hydrogens is 386 g/mol. The van der Waals surface area contributed by atoms with Gasteiger partial charge in [-0.05, 0) is 42.8 Å². The predicted molar refractivity (Wildman–Crippen MR) is 100 cm³/mol. The Kier molecular flexibility index (Phi) is 4.92. The van der Waals surface area contributed by atoms with Crippen LogP contribution in [0.2, 0.25) is 5.02 Å². The number of carbonyl (C=O) groups is 3. The summed E-state index contributed by atoms with van der Waals surface area (Å²) in [6.07, 6.45) is 1.20. The van der Waals surface area contributed by atoms with Crippen molar-refractivity contribution in [2.24, 2.45) is 0 Å². The molecule has 2 aromatic rings. The number of anilines is 1. The van der Waals surface area contributed by atoms with Gasteiger partial charge in [0.1, 0.15) is 0 Å². The van der Waals surface area contributed by atoms with Gasteiger partial charge in [-0.3, -0.25) is 9.59 Å². The third kappa shape index (κ3) is 3.53. The van der Waals surface area contributed by atoms with Gasteiger partial charge in [0.05, 0.1) is 16.3 Å². The van der Waals surface area contributed by atoms with E-state index >= 15 is 0 Å². The van der Waals surface area contributed by atoms with Gasteiger partial charge in [-0.25, -0.2) is 4.79 Å². The Morgan fingerprint density at radius 2 is 1.86 bits per heavy atom. The number of ketones is 1. The summed E-state index contributed by atoms with van der Waals surface area (Å²) >= 11 is 6.18. The van der Waals surface area contributed by atoms with Crippen LogP contribution in [-0.4, -0.2) is 37.6 Å². The van der Waals surface area contributed by atoms with Crippen molar-refractivity contribution in [2.45, 2.75) is 12.8 Å². The third-order valence-corrected chi connectivity index (χ3v) is 4.89. The van der Waals surface area contributed by atoms with Crippen LogP contribution in [0.1, 0.15) is 33.6 Å². The third-order valence-electron chi connectivity index (χ3n) is 4.57. The van der Waals surface area contributed by atoms with Crippen LogP contribution in [0.4, 0.5) is 5.69 Å². The average Bonchev–Trinajstić information content (AvgIpc) is 3.34. The molecule has 0 N–H and O–H groups in total. The first-order valence-corrected chi connectivity index (χ1v) is 9.10. The monoisotopic (exact) mass is 401 g/mol. The van der Waals surface area contributed by atoms with Crippen LogP contribution in [-0.2, 0) is 9.53 Å². The summed E-state index contributed by atoms with van der Waals surface area (Å²) in [5.74, 6) is -0.0203. The molecule has 7 nitrogen and oxygen atoms in total. The lowest BCUT2D eigenvalue weighted by Crippen LogP contribution is -2.24. The topological polar surface area (TPSA) is 82.1 Å². The van der Waals surface area contributed by atoms with Crippen LogP contribution < -0.4 is 14.4 Å². The molecule has 2 heterocycles. The van der Waals surface area contributed by atoms with Crippen LogP contribution in [0.15, 0.2) is 36.4 Å². The van der Waals surface area contributed by atoms with Crippen molar-refractivity contribution < 1.29 is 28.6 Å². The fourth-order valence-electron chi connectivity index (χ4n) is 3.12. The van der Waals surface area contributed by atoms with Crippen LogP contribution in [0.5, 0.6) is 11.5 Å². The Hall–Kier alpha value is -3.06. The fourth-order valence-corrected chi connectivity index (χ4v) is 3.34. The van der Waals surface area contributed by atoms with Gasteiger partial charge in [-0.2, -0.15) is 0 Å². The van der Waals surface area contributed by atoms with Crippen molar-refractivity contribution in [3.8, 4) is 11.5 Å². The Labute approximate surface area is 165 Å². The highest BCUT2D eigenvalue weighted by Crippen LogP contribution is 2.33. The number of benzene rings is 2. The molecule has 2 aliphatic heterocycles. The van der Waals surface area contributed by atoms with Gasteiger partial charge in [0.2, 0.25) is 12.7 Å². The van der Waals surface area contributed by atoms with E-state index in [1.807, 2.05) is 0 Å². The molecule has 0 bridgehead atoms. The fraction of sp³-hybridized carbons (Fsp3) is 0.250. The number of carbonyl (C=O) groups excluding carboxylic acids is 3. The largest absolute Gasteiger partial charge is 0.454 e. The van der Waals surface area contributed by atoms with Crippen molar-refractivity contribution in [2.75, 3.05) is 24.8 Å². The molecule has 0 atom stereocenters. The molecule has 2 aromatic carbocycles. The number of halogens is 1. The molecule has 0 spiro atoms. The van der Waals surface area contributed by atoms with E-state index in [1.54, 1.807) is 29.2 Å². The summed E-state index contributed by atoms with van der Waals surface area (Å²) in [5, 5.41) is 0.378. The van der Waals surface area contributed by atoms with E-state index in [9.17, 15) is 14.4 Å². The Balaban J connectivity index is 1.44. The summed E-state index contributed by atoms with van der Waals surface area (Å²) in [5.41, 5.74) is 1.05. The van der Waals surface area contributed by atoms with Gasteiger partial charge in [0.15, 0.2) is 23.9 Å². The number of fused-ring (bicyclic) bond motifs is 1. The number of Topliss-reactive ketones (excluding diaryl/α,β-unsaturated/α-hetero) is 1. The van der Waals surface area contributed by atoms with Crippen LogP contribution >= 0.6 is 11.6 Å². The summed E-state index contributed by atoms with van der Waals surface area (Å²) in [6, 6.07) is 9.33. The number of nitrogens with zero attached hydrogens (tertiary/aromatic N) is 1. The molecule has 0 aromatic heterocycles. The zero-order valence-corrected chi connectivity index (χ0v) is 15.5. The highest BCUT2D eigenvalue weighted by molar-refractivity contribution is 6.34. The van der Waals surface area contributed by atoms with E-state index < -0.39 is 12.6 Å². The molecule has 0 aliphatic carbocycles. The molecule has 1 saturated heterocycles. The van der Waals surface area contributed by atoms with E-state index in [1.165, 1.54) is 12.1 Å². The lowest BCUT2D eigenvalue weighted by atomic mass is 10.1. The average molecular weight is 402 g/mol. The van der Waals surface area contributed by atoms with Gasteiger partial charge < -0.3 is 19.1 Å². The highest BCUT2D eigenvalue weighted by Gasteiger charge is 2.25. The second kappa shape index (κ2) is 7.52. The van der Waals surface area contributed by atoms with Gasteiger partial charge >= 0.3 is 5.97 Å². The minimum absolute atomic E-state index is 0.0367. The molecule has 0 saturated carbocycles. The molecule has 0 radical (unpaired) electrons. The molecule has 28 heavy (non-hydrogen) atoms. The summed E-state index contributed by atoms with van der Waals surface area (Å²) in [7, 11) is 0. The normalized spacial score (nSPS) is 15.0. The van der Waals surface area contributed by atoms with Crippen LogP contribution in [0.3, 0.4) is 0 Å². The molecule has 1 fully saturated rings. The van der Waals surface area contributed by atoms with Crippen molar-refractivity contribution in [1.82, 2.24) is 0 Å². The Morgan fingerprint density at radius 3 is 2.64 bits per heavy atom. The highest BCUT2D eigenvalue weighted by atomic mass is 35.5. The summed E-state index contributed by atoms with van der Waals surface area (Å²) < 4.78 is 15.6. The van der Waals surface area contributed by atoms with Gasteiger partial charge in [0, 0.05) is 18.5 Å². The van der Waals surface area contributed by atoms with Gasteiger partial charge in [-0.1, -0.05) is 11.6 Å². The van der Waals surface area contributed by atoms with E-state index in [4.69, 9.17) is 25.8 Å². The molecule has 144 valence electrons. The van der Waals surface area contributed by atoms with Crippen molar-refractivity contribution in [3.63, 3.8) is 0 Å². The maximum absolute atomic E-state index is 12.4. The quantitative estimate of drug-likeness (QED) is 0.565. The first-order valence-electron chi connectivity index (χ1n) is 8.73. The van der Waals surface area contributed by atoms with Crippen molar-refractivity contribution >= 4 is 34.9 Å². The number of ether oxygens (including phenoxy) is 3. The van der Waals surface area contributed by atoms with Gasteiger partial charge in [-0.15, -0.1) is 0 Å². The second-order valence-corrected chi connectivity index (χ2v) is 6.79. The molecule has 2 aliphatic rings. The summed E-state index contributed by atoms with van der Waals surface area (Å²) in [6.45, 7) is 0.249. The van der Waals surface area contributed by atoms with Crippen molar-refractivity contribution in [3.05, 3.63) is 52.5 Å². The number of amides is 1. The SMILES string of the molecule is O=C(COC(=O)c1ccc(Cl)c(N2CCCC2=O)c1)c1ccc2c(c1)OCO2. The van der Waals surface area contributed by atoms with Crippen LogP contribution in [0, 0.1) is 0 Å². The zero-order chi connectivity index (χ0) is 19.7. The summed E-state index contributed by atoms with van der Waals surface area (Å²) in [4.78, 5) is 38.2. The van der Waals surface area contributed by atoms with E-state index in [0.29, 0.717) is 40.7 Å².